The van der Waals surface area contributed by atoms with E-state index in [4.69, 9.17) is 5.11 Å². The van der Waals surface area contributed by atoms with Crippen molar-refractivity contribution in [2.45, 2.75) is 26.4 Å². The fourth-order valence-corrected chi connectivity index (χ4v) is 2.66. The highest BCUT2D eigenvalue weighted by Gasteiger charge is 2.28. The van der Waals surface area contributed by atoms with Gasteiger partial charge in [0, 0.05) is 6.54 Å². The molecule has 5 nitrogen and oxygen atoms in total. The normalized spacial score (nSPS) is 13.6. The zero-order chi connectivity index (χ0) is 13.9. The molecular weight excluding hydrogens is 254 g/mol. The SMILES string of the molecule is Cc1ccccc1CN(C(C)C(=O)O)S(C)(=O)=O. The van der Waals surface area contributed by atoms with E-state index in [9.17, 15) is 13.2 Å². The number of carbonyl (C=O) groups is 1. The number of benzene rings is 1. The van der Waals surface area contributed by atoms with Crippen molar-refractivity contribution in [3.63, 3.8) is 0 Å². The van der Waals surface area contributed by atoms with E-state index in [1.807, 2.05) is 19.1 Å². The molecule has 0 aliphatic rings. The van der Waals surface area contributed by atoms with Crippen molar-refractivity contribution < 1.29 is 18.3 Å². The lowest BCUT2D eigenvalue weighted by Gasteiger charge is -2.24. The molecule has 1 aromatic carbocycles. The summed E-state index contributed by atoms with van der Waals surface area (Å²) in [5.74, 6) is -1.16. The smallest absolute Gasteiger partial charge is 0.321 e. The fraction of sp³-hybridized carbons (Fsp3) is 0.417. The Labute approximate surface area is 107 Å². The molecule has 0 spiro atoms. The van der Waals surface area contributed by atoms with Crippen LogP contribution < -0.4 is 0 Å². The second-order valence-electron chi connectivity index (χ2n) is 4.25. The molecule has 0 amide bonds. The number of sulfonamides is 1. The van der Waals surface area contributed by atoms with Crippen molar-refractivity contribution in [1.82, 2.24) is 4.31 Å². The molecule has 0 saturated heterocycles. The van der Waals surface area contributed by atoms with E-state index in [1.54, 1.807) is 12.1 Å². The third-order valence-corrected chi connectivity index (χ3v) is 4.10. The van der Waals surface area contributed by atoms with E-state index in [-0.39, 0.29) is 6.54 Å². The number of hydrogen-bond donors (Lipinski definition) is 1. The Hall–Kier alpha value is -1.40. The van der Waals surface area contributed by atoms with Crippen molar-refractivity contribution in [2.75, 3.05) is 6.26 Å². The van der Waals surface area contributed by atoms with Crippen LogP contribution in [0.1, 0.15) is 18.1 Å². The first-order valence-corrected chi connectivity index (χ1v) is 7.32. The van der Waals surface area contributed by atoms with Gasteiger partial charge in [0.05, 0.1) is 6.26 Å². The van der Waals surface area contributed by atoms with Crippen molar-refractivity contribution in [1.29, 1.82) is 0 Å². The molecule has 0 heterocycles. The number of aryl methyl sites for hydroxylation is 1. The van der Waals surface area contributed by atoms with E-state index in [2.05, 4.69) is 0 Å². The second kappa shape index (κ2) is 5.49. The number of hydrogen-bond acceptors (Lipinski definition) is 3. The van der Waals surface area contributed by atoms with E-state index >= 15 is 0 Å². The molecule has 0 fully saturated rings. The number of carboxylic acid groups (broad SMARTS) is 1. The summed E-state index contributed by atoms with van der Waals surface area (Å²) < 4.78 is 24.3. The van der Waals surface area contributed by atoms with Gasteiger partial charge in [-0.3, -0.25) is 4.79 Å². The Morgan fingerprint density at radius 2 is 1.94 bits per heavy atom. The van der Waals surface area contributed by atoms with Crippen LogP contribution in [0.15, 0.2) is 24.3 Å². The zero-order valence-electron chi connectivity index (χ0n) is 10.6. The van der Waals surface area contributed by atoms with Crippen LogP contribution in [-0.2, 0) is 21.4 Å². The number of aliphatic carboxylic acids is 1. The molecule has 0 aromatic heterocycles. The lowest BCUT2D eigenvalue weighted by Crippen LogP contribution is -2.42. The summed E-state index contributed by atoms with van der Waals surface area (Å²) in [6.45, 7) is 3.29. The fourth-order valence-electron chi connectivity index (χ4n) is 1.62. The van der Waals surface area contributed by atoms with Crippen molar-refractivity contribution >= 4 is 16.0 Å². The van der Waals surface area contributed by atoms with Gasteiger partial charge in [0.15, 0.2) is 0 Å². The van der Waals surface area contributed by atoms with Gasteiger partial charge in [0.2, 0.25) is 10.0 Å². The minimum atomic E-state index is -3.57. The molecule has 100 valence electrons. The van der Waals surface area contributed by atoms with Crippen LogP contribution in [0, 0.1) is 6.92 Å². The lowest BCUT2D eigenvalue weighted by molar-refractivity contribution is -0.141. The third kappa shape index (κ3) is 3.54. The molecule has 1 N–H and O–H groups in total. The predicted octanol–water partition coefficient (Wildman–Crippen LogP) is 1.23. The van der Waals surface area contributed by atoms with Crippen LogP contribution in [0.4, 0.5) is 0 Å². The maximum atomic E-state index is 11.7. The largest absolute Gasteiger partial charge is 0.480 e. The summed E-state index contributed by atoms with van der Waals surface area (Å²) in [4.78, 5) is 11.0. The minimum Gasteiger partial charge on any atom is -0.480 e. The highest BCUT2D eigenvalue weighted by atomic mass is 32.2. The molecule has 0 saturated carbocycles. The summed E-state index contributed by atoms with van der Waals surface area (Å²) in [7, 11) is -3.57. The molecule has 1 unspecified atom stereocenters. The molecule has 18 heavy (non-hydrogen) atoms. The minimum absolute atomic E-state index is 0.0684. The molecule has 0 aliphatic carbocycles. The summed E-state index contributed by atoms with van der Waals surface area (Å²) in [5, 5.41) is 8.96. The average molecular weight is 271 g/mol. The van der Waals surface area contributed by atoms with Gasteiger partial charge in [-0.15, -0.1) is 0 Å². The second-order valence-corrected chi connectivity index (χ2v) is 6.18. The van der Waals surface area contributed by atoms with E-state index in [0.717, 1.165) is 21.7 Å². The highest BCUT2D eigenvalue weighted by molar-refractivity contribution is 7.88. The molecule has 6 heteroatoms. The van der Waals surface area contributed by atoms with Gasteiger partial charge in [-0.1, -0.05) is 24.3 Å². The van der Waals surface area contributed by atoms with Gasteiger partial charge in [-0.2, -0.15) is 4.31 Å². The Bertz CT molecular complexity index is 539. The van der Waals surface area contributed by atoms with Crippen molar-refractivity contribution in [3.8, 4) is 0 Å². The van der Waals surface area contributed by atoms with E-state index in [1.165, 1.54) is 6.92 Å². The monoisotopic (exact) mass is 271 g/mol. The highest BCUT2D eigenvalue weighted by Crippen LogP contribution is 2.15. The first kappa shape index (κ1) is 14.7. The van der Waals surface area contributed by atoms with Crippen LogP contribution in [0.3, 0.4) is 0 Å². The van der Waals surface area contributed by atoms with Crippen LogP contribution in [0.25, 0.3) is 0 Å². The Morgan fingerprint density at radius 3 is 2.39 bits per heavy atom. The van der Waals surface area contributed by atoms with Gasteiger partial charge < -0.3 is 5.11 Å². The van der Waals surface area contributed by atoms with E-state index in [0.29, 0.717) is 0 Å². The van der Waals surface area contributed by atoms with Crippen LogP contribution in [0.5, 0.6) is 0 Å². The standard InChI is InChI=1S/C12H17NO4S/c1-9-6-4-5-7-11(9)8-13(18(3,16)17)10(2)12(14)15/h4-7,10H,8H2,1-3H3,(H,14,15). The van der Waals surface area contributed by atoms with Crippen LogP contribution >= 0.6 is 0 Å². The molecular formula is C12H17NO4S. The summed E-state index contributed by atoms with van der Waals surface area (Å²) in [6, 6.07) is 6.22. The third-order valence-electron chi connectivity index (χ3n) is 2.80. The van der Waals surface area contributed by atoms with Crippen molar-refractivity contribution in [3.05, 3.63) is 35.4 Å². The molecule has 1 aromatic rings. The van der Waals surface area contributed by atoms with Gasteiger partial charge in [-0.25, -0.2) is 8.42 Å². The Kier molecular flexibility index (Phi) is 4.48. The summed E-state index contributed by atoms with van der Waals surface area (Å²) >= 11 is 0. The Morgan fingerprint density at radius 1 is 1.39 bits per heavy atom. The number of carboxylic acids is 1. The van der Waals surface area contributed by atoms with Gasteiger partial charge in [-0.05, 0) is 25.0 Å². The number of nitrogens with zero attached hydrogens (tertiary/aromatic N) is 1. The summed E-state index contributed by atoms with van der Waals surface area (Å²) in [5.41, 5.74) is 1.74. The quantitative estimate of drug-likeness (QED) is 0.874. The van der Waals surface area contributed by atoms with Crippen LogP contribution in [0.2, 0.25) is 0 Å². The topological polar surface area (TPSA) is 74.7 Å². The summed E-state index contributed by atoms with van der Waals surface area (Å²) in [6.07, 6.45) is 1.02. The van der Waals surface area contributed by atoms with Crippen molar-refractivity contribution in [2.24, 2.45) is 0 Å². The van der Waals surface area contributed by atoms with Gasteiger partial charge in [0.1, 0.15) is 6.04 Å². The lowest BCUT2D eigenvalue weighted by atomic mass is 10.1. The predicted molar refractivity (Wildman–Crippen MR) is 68.7 cm³/mol. The molecule has 0 bridgehead atoms. The molecule has 0 radical (unpaired) electrons. The molecule has 1 rings (SSSR count). The maximum Gasteiger partial charge on any atom is 0.321 e. The van der Waals surface area contributed by atoms with E-state index < -0.39 is 22.0 Å². The molecule has 0 aliphatic heterocycles. The average Bonchev–Trinajstić information content (AvgIpc) is 2.25. The first-order valence-electron chi connectivity index (χ1n) is 5.47. The number of rotatable bonds is 5. The zero-order valence-corrected chi connectivity index (χ0v) is 11.4. The molecule has 1 atom stereocenters. The van der Waals surface area contributed by atoms with Crippen LogP contribution in [-0.4, -0.2) is 36.1 Å². The first-order chi connectivity index (χ1) is 8.23. The Balaban J connectivity index is 3.08. The maximum absolute atomic E-state index is 11.7. The van der Waals surface area contributed by atoms with Gasteiger partial charge >= 0.3 is 5.97 Å². The van der Waals surface area contributed by atoms with Gasteiger partial charge in [0.25, 0.3) is 0 Å².